The predicted molar refractivity (Wildman–Crippen MR) is 196 cm³/mol. The van der Waals surface area contributed by atoms with Crippen molar-refractivity contribution in [3.05, 3.63) is 130 Å². The Morgan fingerprint density at radius 1 is 0.522 bits per heavy atom. The second kappa shape index (κ2) is 15.7. The van der Waals surface area contributed by atoms with Crippen LogP contribution in [0.5, 0.6) is 11.5 Å². The van der Waals surface area contributed by atoms with Crippen LogP contribution in [0.15, 0.2) is 139 Å². The smallest absolute Gasteiger partial charge is 0.136 e. The molecular weight excluding hydrogens is 609 g/mol. The van der Waals surface area contributed by atoms with Crippen molar-refractivity contribution in [2.24, 2.45) is 20.0 Å². The highest BCUT2D eigenvalue weighted by Crippen LogP contribution is 2.42. The van der Waals surface area contributed by atoms with Crippen molar-refractivity contribution < 1.29 is 9.47 Å². The molecule has 0 unspecified atom stereocenters. The predicted octanol–water partition coefficient (Wildman–Crippen LogP) is 10.4. The van der Waals surface area contributed by atoms with E-state index in [0.717, 1.165) is 104 Å². The van der Waals surface area contributed by atoms with Gasteiger partial charge in [-0.25, -0.2) is 20.0 Å². The summed E-state index contributed by atoms with van der Waals surface area (Å²) < 4.78 is 11.7. The van der Waals surface area contributed by atoms with Gasteiger partial charge in [-0.2, -0.15) is 0 Å². The first-order valence-corrected chi connectivity index (χ1v) is 17.4. The Kier molecular flexibility index (Phi) is 10.8. The van der Waals surface area contributed by atoms with Gasteiger partial charge in [0, 0.05) is 11.1 Å². The quantitative estimate of drug-likeness (QED) is 0.144. The maximum atomic E-state index is 5.85. The van der Waals surface area contributed by atoms with E-state index in [0.29, 0.717) is 0 Å². The third-order valence-electron chi connectivity index (χ3n) is 7.16. The standard InChI is InChI=1S/C38H36N4O2S2/c1-3-5-25-43-31-21-17-29(18-22-31)39-35-33(27-13-9-7-10-14-27)41-37(45-35)38-42-34(28-15-11-8-12-16-28)36(46-38)40-30-19-23-32(24-20-30)44-26-6-4-2/h7-24H,3-6,25-26H2,1-2H3/b38-37+,39-35?,40-36?. The zero-order valence-electron chi connectivity index (χ0n) is 26.1. The molecule has 0 N–H and O–H groups in total. The van der Waals surface area contributed by atoms with Crippen LogP contribution in [0, 0.1) is 0 Å². The van der Waals surface area contributed by atoms with E-state index >= 15 is 0 Å². The van der Waals surface area contributed by atoms with Crippen LogP contribution in [0.2, 0.25) is 0 Å². The van der Waals surface area contributed by atoms with Crippen LogP contribution in [0.4, 0.5) is 11.4 Å². The molecule has 0 fully saturated rings. The lowest BCUT2D eigenvalue weighted by Gasteiger charge is -2.06. The SMILES string of the molecule is CCCCOc1ccc(N=C2S/C(=C3\N=C(c4ccccc4)C(=Nc4ccc(OCCCC)cc4)S3)N=C2c2ccccc2)cc1. The van der Waals surface area contributed by atoms with Crippen LogP contribution >= 0.6 is 23.5 Å². The highest BCUT2D eigenvalue weighted by Gasteiger charge is 2.30. The van der Waals surface area contributed by atoms with Gasteiger partial charge in [0.25, 0.3) is 0 Å². The molecule has 0 saturated carbocycles. The summed E-state index contributed by atoms with van der Waals surface area (Å²) in [6, 6.07) is 36.2. The minimum absolute atomic E-state index is 0.717. The van der Waals surface area contributed by atoms with Crippen molar-refractivity contribution in [3.8, 4) is 11.5 Å². The molecule has 6 nitrogen and oxygen atoms in total. The van der Waals surface area contributed by atoms with Gasteiger partial charge in [0.15, 0.2) is 0 Å². The molecule has 4 aromatic carbocycles. The topological polar surface area (TPSA) is 67.9 Å². The van der Waals surface area contributed by atoms with E-state index in [1.807, 2.05) is 84.9 Å². The fourth-order valence-corrected chi connectivity index (χ4v) is 6.64. The van der Waals surface area contributed by atoms with E-state index in [1.165, 1.54) is 23.5 Å². The van der Waals surface area contributed by atoms with Crippen LogP contribution < -0.4 is 9.47 Å². The maximum Gasteiger partial charge on any atom is 0.136 e. The summed E-state index contributed by atoms with van der Waals surface area (Å²) in [7, 11) is 0. The Bertz CT molecular complexity index is 1650. The lowest BCUT2D eigenvalue weighted by atomic mass is 10.1. The van der Waals surface area contributed by atoms with Crippen molar-refractivity contribution >= 4 is 56.4 Å². The van der Waals surface area contributed by atoms with E-state index in [1.54, 1.807) is 0 Å². The molecule has 8 heteroatoms. The largest absolute Gasteiger partial charge is 0.494 e. The molecule has 0 bridgehead atoms. The molecule has 0 radical (unpaired) electrons. The first kappa shape index (κ1) is 31.6. The second-order valence-corrected chi connectivity index (χ2v) is 12.6. The van der Waals surface area contributed by atoms with Crippen LogP contribution in [-0.4, -0.2) is 34.7 Å². The zero-order chi connectivity index (χ0) is 31.6. The number of rotatable bonds is 12. The molecular formula is C38H36N4O2S2. The summed E-state index contributed by atoms with van der Waals surface area (Å²) in [6.07, 6.45) is 4.28. The van der Waals surface area contributed by atoms with Gasteiger partial charge in [-0.1, -0.05) is 87.4 Å². The van der Waals surface area contributed by atoms with Crippen LogP contribution in [-0.2, 0) is 0 Å². The number of hydrogen-bond acceptors (Lipinski definition) is 8. The van der Waals surface area contributed by atoms with Crippen LogP contribution in [0.3, 0.4) is 0 Å². The Morgan fingerprint density at radius 2 is 0.913 bits per heavy atom. The molecule has 0 aromatic heterocycles. The van der Waals surface area contributed by atoms with E-state index in [4.69, 9.17) is 29.4 Å². The fraction of sp³-hybridized carbons (Fsp3) is 0.211. The molecule has 2 aliphatic heterocycles. The van der Waals surface area contributed by atoms with Crippen LogP contribution in [0.1, 0.15) is 50.7 Å². The molecule has 0 spiro atoms. The minimum atomic E-state index is 0.717. The van der Waals surface area contributed by atoms with E-state index in [-0.39, 0.29) is 0 Å². The lowest BCUT2D eigenvalue weighted by molar-refractivity contribution is 0.309. The highest BCUT2D eigenvalue weighted by molar-refractivity contribution is 8.22. The first-order valence-electron chi connectivity index (χ1n) is 15.7. The molecule has 232 valence electrons. The molecule has 2 aliphatic rings. The number of ether oxygens (including phenoxy) is 2. The molecule has 0 saturated heterocycles. The van der Waals surface area contributed by atoms with Crippen molar-refractivity contribution in [1.29, 1.82) is 0 Å². The zero-order valence-corrected chi connectivity index (χ0v) is 27.7. The van der Waals surface area contributed by atoms with Gasteiger partial charge in [0.05, 0.1) is 24.6 Å². The van der Waals surface area contributed by atoms with E-state index < -0.39 is 0 Å². The van der Waals surface area contributed by atoms with Gasteiger partial charge in [-0.05, 0) is 84.9 Å². The summed E-state index contributed by atoms with van der Waals surface area (Å²) in [5.41, 5.74) is 5.37. The van der Waals surface area contributed by atoms with Gasteiger partial charge in [-0.3, -0.25) is 0 Å². The number of nitrogens with zero attached hydrogens (tertiary/aromatic N) is 4. The van der Waals surface area contributed by atoms with E-state index in [9.17, 15) is 0 Å². The first-order chi connectivity index (χ1) is 22.7. The summed E-state index contributed by atoms with van der Waals surface area (Å²) >= 11 is 3.08. The van der Waals surface area contributed by atoms with Crippen molar-refractivity contribution in [2.75, 3.05) is 13.2 Å². The van der Waals surface area contributed by atoms with Crippen molar-refractivity contribution in [2.45, 2.75) is 39.5 Å². The average Bonchev–Trinajstić information content (AvgIpc) is 3.72. The molecule has 2 heterocycles. The molecule has 6 rings (SSSR count). The fourth-order valence-electron chi connectivity index (χ4n) is 4.66. The van der Waals surface area contributed by atoms with Gasteiger partial charge in [0.2, 0.25) is 0 Å². The Morgan fingerprint density at radius 3 is 1.28 bits per heavy atom. The third kappa shape index (κ3) is 8.05. The van der Waals surface area contributed by atoms with Crippen molar-refractivity contribution in [1.82, 2.24) is 0 Å². The number of unbranched alkanes of at least 4 members (excludes halogenated alkanes) is 2. The third-order valence-corrected chi connectivity index (χ3v) is 9.21. The Balaban J connectivity index is 1.32. The molecule has 0 amide bonds. The van der Waals surface area contributed by atoms with Gasteiger partial charge < -0.3 is 9.47 Å². The van der Waals surface area contributed by atoms with Gasteiger partial charge in [-0.15, -0.1) is 0 Å². The monoisotopic (exact) mass is 644 g/mol. The second-order valence-electron chi connectivity index (χ2n) is 10.7. The summed E-state index contributed by atoms with van der Waals surface area (Å²) in [6.45, 7) is 5.75. The number of benzene rings is 4. The van der Waals surface area contributed by atoms with Gasteiger partial charge in [0.1, 0.15) is 43.1 Å². The van der Waals surface area contributed by atoms with Crippen molar-refractivity contribution in [3.63, 3.8) is 0 Å². The molecule has 4 aromatic rings. The summed E-state index contributed by atoms with van der Waals surface area (Å²) in [5, 5.41) is 3.27. The van der Waals surface area contributed by atoms with Crippen LogP contribution in [0.25, 0.3) is 0 Å². The number of thioether (sulfide) groups is 2. The molecule has 46 heavy (non-hydrogen) atoms. The van der Waals surface area contributed by atoms with E-state index in [2.05, 4.69) is 38.1 Å². The number of hydrogen-bond donors (Lipinski definition) is 0. The summed E-state index contributed by atoms with van der Waals surface area (Å²) in [4.78, 5) is 20.3. The maximum absolute atomic E-state index is 5.85. The normalized spacial score (nSPS) is 17.8. The van der Waals surface area contributed by atoms with Gasteiger partial charge >= 0.3 is 0 Å². The highest BCUT2D eigenvalue weighted by atomic mass is 32.2. The molecule has 0 atom stereocenters. The number of aliphatic imine (C=N–C) groups is 4. The summed E-state index contributed by atoms with van der Waals surface area (Å²) in [5.74, 6) is 1.71. The molecule has 0 aliphatic carbocycles. The average molecular weight is 645 g/mol. The Labute approximate surface area is 279 Å². The lowest BCUT2D eigenvalue weighted by Crippen LogP contribution is -2.07. The minimum Gasteiger partial charge on any atom is -0.494 e. The Hall–Kier alpha value is -4.40.